The molecule has 1 aliphatic carbocycles. The van der Waals surface area contributed by atoms with E-state index in [4.69, 9.17) is 9.15 Å². The Bertz CT molecular complexity index is 1310. The largest absolute Gasteiger partial charge is 0.497 e. The van der Waals surface area contributed by atoms with Crippen LogP contribution < -0.4 is 15.0 Å². The molecule has 1 atom stereocenters. The molecule has 4 aromatic rings. The Morgan fingerprint density at radius 1 is 1.08 bits per heavy atom. The third-order valence-corrected chi connectivity index (χ3v) is 6.40. The Morgan fingerprint density at radius 3 is 2.51 bits per heavy atom. The molecule has 0 bridgehead atoms. The average molecular weight is 501 g/mol. The Kier molecular flexibility index (Phi) is 7.25. The molecule has 0 spiro atoms. The van der Waals surface area contributed by atoms with Crippen molar-refractivity contribution in [2.45, 2.75) is 44.3 Å². The fourth-order valence-corrected chi connectivity index (χ4v) is 4.56. The molecule has 1 fully saturated rings. The van der Waals surface area contributed by atoms with Gasteiger partial charge in [-0.2, -0.15) is 4.80 Å². The predicted molar refractivity (Wildman–Crippen MR) is 136 cm³/mol. The molecular formula is C27H28N6O4. The third kappa shape index (κ3) is 5.53. The minimum atomic E-state index is -0.991. The van der Waals surface area contributed by atoms with Crippen LogP contribution in [0.4, 0.5) is 5.69 Å². The van der Waals surface area contributed by atoms with Crippen LogP contribution in [0, 0.1) is 0 Å². The van der Waals surface area contributed by atoms with E-state index in [2.05, 4.69) is 20.7 Å². The number of carbonyl (C=O) groups is 2. The number of ether oxygens (including phenoxy) is 1. The molecule has 1 saturated carbocycles. The normalized spacial score (nSPS) is 14.3. The maximum absolute atomic E-state index is 13.8. The first-order valence-corrected chi connectivity index (χ1v) is 12.3. The second-order valence-electron chi connectivity index (χ2n) is 8.88. The number of nitrogens with one attached hydrogen (secondary N) is 1. The number of nitrogens with zero attached hydrogens (tertiary/aromatic N) is 5. The summed E-state index contributed by atoms with van der Waals surface area (Å²) in [6.07, 6.45) is 5.50. The molecule has 190 valence electrons. The average Bonchev–Trinajstić information content (AvgIpc) is 3.71. The maximum Gasteiger partial charge on any atom is 0.251 e. The maximum atomic E-state index is 13.8. The summed E-state index contributed by atoms with van der Waals surface area (Å²) < 4.78 is 10.8. The van der Waals surface area contributed by atoms with Gasteiger partial charge in [0.1, 0.15) is 18.1 Å². The van der Waals surface area contributed by atoms with Gasteiger partial charge >= 0.3 is 0 Å². The standard InChI is InChI=1S/C27H28N6O4/c1-36-22-15-13-19(14-16-22)26-29-31-32(30-26)18-24(34)33(21-10-3-2-4-11-21)25(23-12-7-17-37-23)27(35)28-20-8-5-6-9-20/h2-4,7,10-17,20,25H,5-6,8-9,18H2,1H3,(H,28,35)/t25-/m0/s1. The Balaban J connectivity index is 1.43. The molecule has 2 heterocycles. The van der Waals surface area contributed by atoms with Crippen LogP contribution in [0.15, 0.2) is 77.4 Å². The van der Waals surface area contributed by atoms with Gasteiger partial charge in [0.05, 0.1) is 13.4 Å². The summed E-state index contributed by atoms with van der Waals surface area (Å²) in [6, 6.07) is 18.8. The van der Waals surface area contributed by atoms with Crippen LogP contribution >= 0.6 is 0 Å². The van der Waals surface area contributed by atoms with Crippen LogP contribution in [0.2, 0.25) is 0 Å². The zero-order chi connectivity index (χ0) is 25.6. The molecular weight excluding hydrogens is 472 g/mol. The van der Waals surface area contributed by atoms with Crippen molar-refractivity contribution in [2.75, 3.05) is 12.0 Å². The number of tetrazole rings is 1. The Hall–Kier alpha value is -4.47. The van der Waals surface area contributed by atoms with Crippen LogP contribution in [0.25, 0.3) is 11.4 Å². The van der Waals surface area contributed by atoms with Crippen LogP contribution in [-0.4, -0.2) is 45.2 Å². The monoisotopic (exact) mass is 500 g/mol. The van der Waals surface area contributed by atoms with Gasteiger partial charge in [0.15, 0.2) is 6.04 Å². The molecule has 2 amide bonds. The number of furan rings is 1. The molecule has 1 N–H and O–H groups in total. The van der Waals surface area contributed by atoms with Gasteiger partial charge in [0.2, 0.25) is 5.82 Å². The van der Waals surface area contributed by atoms with Crippen molar-refractivity contribution in [1.29, 1.82) is 0 Å². The van der Waals surface area contributed by atoms with E-state index in [0.717, 1.165) is 31.2 Å². The molecule has 2 aromatic heterocycles. The van der Waals surface area contributed by atoms with Gasteiger partial charge in [-0.05, 0) is 66.6 Å². The number of hydrogen-bond acceptors (Lipinski definition) is 7. The lowest BCUT2D eigenvalue weighted by molar-refractivity contribution is -0.128. The lowest BCUT2D eigenvalue weighted by Gasteiger charge is -2.30. The molecule has 5 rings (SSSR count). The number of amides is 2. The number of anilines is 1. The minimum absolute atomic E-state index is 0.0849. The summed E-state index contributed by atoms with van der Waals surface area (Å²) in [5.41, 5.74) is 1.30. The number of hydrogen-bond donors (Lipinski definition) is 1. The zero-order valence-corrected chi connectivity index (χ0v) is 20.5. The summed E-state index contributed by atoms with van der Waals surface area (Å²) in [5, 5.41) is 15.7. The molecule has 10 nitrogen and oxygen atoms in total. The molecule has 1 aliphatic rings. The summed E-state index contributed by atoms with van der Waals surface area (Å²) in [5.74, 6) is 0.795. The second-order valence-corrected chi connectivity index (χ2v) is 8.88. The number of benzene rings is 2. The Morgan fingerprint density at radius 2 is 1.84 bits per heavy atom. The van der Waals surface area contributed by atoms with Crippen LogP contribution in [-0.2, 0) is 16.1 Å². The first-order chi connectivity index (χ1) is 18.1. The lowest BCUT2D eigenvalue weighted by atomic mass is 10.1. The zero-order valence-electron chi connectivity index (χ0n) is 20.5. The molecule has 2 aromatic carbocycles. The van der Waals surface area contributed by atoms with E-state index in [1.165, 1.54) is 16.0 Å². The van der Waals surface area contributed by atoms with Gasteiger partial charge in [-0.25, -0.2) is 0 Å². The third-order valence-electron chi connectivity index (χ3n) is 6.40. The highest BCUT2D eigenvalue weighted by Crippen LogP contribution is 2.30. The van der Waals surface area contributed by atoms with E-state index in [0.29, 0.717) is 23.0 Å². The second kappa shape index (κ2) is 11.1. The summed E-state index contributed by atoms with van der Waals surface area (Å²) in [4.78, 5) is 30.0. The van der Waals surface area contributed by atoms with Gasteiger partial charge in [-0.3, -0.25) is 14.5 Å². The van der Waals surface area contributed by atoms with Gasteiger partial charge in [-0.15, -0.1) is 10.2 Å². The highest BCUT2D eigenvalue weighted by Gasteiger charge is 2.36. The van der Waals surface area contributed by atoms with Crippen molar-refractivity contribution >= 4 is 17.5 Å². The fraction of sp³-hybridized carbons (Fsp3) is 0.296. The first-order valence-electron chi connectivity index (χ1n) is 12.3. The molecule has 0 radical (unpaired) electrons. The van der Waals surface area contributed by atoms with Crippen molar-refractivity contribution < 1.29 is 18.7 Å². The number of carbonyl (C=O) groups excluding carboxylic acids is 2. The fourth-order valence-electron chi connectivity index (χ4n) is 4.56. The van der Waals surface area contributed by atoms with E-state index in [1.54, 1.807) is 43.5 Å². The number of methoxy groups -OCH3 is 1. The summed E-state index contributed by atoms with van der Waals surface area (Å²) in [6.45, 7) is -0.216. The SMILES string of the molecule is COc1ccc(-c2nnn(CC(=O)N(c3ccccc3)[C@H](C(=O)NC3CCCC3)c3ccco3)n2)cc1. The quantitative estimate of drug-likeness (QED) is 0.372. The van der Waals surface area contributed by atoms with Crippen molar-refractivity contribution in [3.8, 4) is 17.1 Å². The van der Waals surface area contributed by atoms with Crippen LogP contribution in [0.5, 0.6) is 5.75 Å². The van der Waals surface area contributed by atoms with E-state index in [9.17, 15) is 9.59 Å². The topological polar surface area (TPSA) is 115 Å². The number of aromatic nitrogens is 4. The molecule has 0 unspecified atom stereocenters. The van der Waals surface area contributed by atoms with Gasteiger partial charge in [0.25, 0.3) is 11.8 Å². The van der Waals surface area contributed by atoms with Crippen molar-refractivity contribution in [3.05, 3.63) is 78.8 Å². The van der Waals surface area contributed by atoms with Gasteiger partial charge in [-0.1, -0.05) is 31.0 Å². The highest BCUT2D eigenvalue weighted by atomic mass is 16.5. The summed E-state index contributed by atoms with van der Waals surface area (Å²) >= 11 is 0. The minimum Gasteiger partial charge on any atom is -0.497 e. The Labute approximate surface area is 214 Å². The van der Waals surface area contributed by atoms with Crippen molar-refractivity contribution in [2.24, 2.45) is 0 Å². The lowest BCUT2D eigenvalue weighted by Crippen LogP contribution is -2.47. The van der Waals surface area contributed by atoms with Crippen LogP contribution in [0.3, 0.4) is 0 Å². The molecule has 10 heteroatoms. The number of para-hydroxylation sites is 1. The molecule has 37 heavy (non-hydrogen) atoms. The van der Waals surface area contributed by atoms with Crippen molar-refractivity contribution in [3.63, 3.8) is 0 Å². The van der Waals surface area contributed by atoms with Gasteiger partial charge < -0.3 is 14.5 Å². The molecule has 0 aliphatic heterocycles. The predicted octanol–water partition coefficient (Wildman–Crippen LogP) is 3.78. The molecule has 0 saturated heterocycles. The number of rotatable bonds is 9. The van der Waals surface area contributed by atoms with Crippen LogP contribution in [0.1, 0.15) is 37.5 Å². The smallest absolute Gasteiger partial charge is 0.251 e. The van der Waals surface area contributed by atoms with E-state index in [-0.39, 0.29) is 24.4 Å². The highest BCUT2D eigenvalue weighted by molar-refractivity contribution is 6.01. The summed E-state index contributed by atoms with van der Waals surface area (Å²) in [7, 11) is 1.59. The van der Waals surface area contributed by atoms with E-state index < -0.39 is 6.04 Å². The van der Waals surface area contributed by atoms with E-state index in [1.807, 2.05) is 30.3 Å². The van der Waals surface area contributed by atoms with E-state index >= 15 is 0 Å². The van der Waals surface area contributed by atoms with Crippen molar-refractivity contribution in [1.82, 2.24) is 25.5 Å². The first kappa shape index (κ1) is 24.2. The van der Waals surface area contributed by atoms with Gasteiger partial charge in [0, 0.05) is 17.3 Å².